The van der Waals surface area contributed by atoms with Crippen LogP contribution in [0.2, 0.25) is 5.02 Å². The van der Waals surface area contributed by atoms with Crippen molar-refractivity contribution in [3.05, 3.63) is 46.5 Å². The second-order valence-electron chi connectivity index (χ2n) is 3.83. The number of benzene rings is 1. The molecule has 0 aliphatic heterocycles. The summed E-state index contributed by atoms with van der Waals surface area (Å²) >= 11 is 6.12. The second kappa shape index (κ2) is 7.74. The molecule has 0 heterocycles. The van der Waals surface area contributed by atoms with Gasteiger partial charge in [-0.15, -0.1) is 0 Å². The number of hydrogen-bond acceptors (Lipinski definition) is 3. The predicted octanol–water partition coefficient (Wildman–Crippen LogP) is 2.49. The van der Waals surface area contributed by atoms with Crippen molar-refractivity contribution < 1.29 is 5.21 Å². The Morgan fingerprint density at radius 3 is 2.94 bits per heavy atom. The van der Waals surface area contributed by atoms with Crippen LogP contribution < -0.4 is 11.1 Å². The largest absolute Gasteiger partial charge is 0.409 e. The first-order valence-corrected chi connectivity index (χ1v) is 6.15. The lowest BCUT2D eigenvalue weighted by Gasteiger charge is -2.07. The van der Waals surface area contributed by atoms with Crippen LogP contribution in [0.5, 0.6) is 0 Å². The lowest BCUT2D eigenvalue weighted by Crippen LogP contribution is -2.16. The zero-order valence-corrected chi connectivity index (χ0v) is 11.1. The smallest absolute Gasteiger partial charge is 0.170 e. The van der Waals surface area contributed by atoms with E-state index < -0.39 is 0 Å². The molecule has 1 rings (SSSR count). The average Bonchev–Trinajstić information content (AvgIpc) is 2.39. The fourth-order valence-electron chi connectivity index (χ4n) is 1.48. The Morgan fingerprint density at radius 1 is 1.56 bits per heavy atom. The summed E-state index contributed by atoms with van der Waals surface area (Å²) < 4.78 is 0. The van der Waals surface area contributed by atoms with E-state index in [1.165, 1.54) is 0 Å². The molecule has 0 bridgehead atoms. The molecule has 0 saturated heterocycles. The maximum atomic E-state index is 8.57. The van der Waals surface area contributed by atoms with E-state index in [2.05, 4.69) is 16.5 Å². The van der Waals surface area contributed by atoms with Gasteiger partial charge >= 0.3 is 0 Å². The highest BCUT2D eigenvalue weighted by atomic mass is 35.5. The summed E-state index contributed by atoms with van der Waals surface area (Å²) in [4.78, 5) is 0. The Morgan fingerprint density at radius 2 is 2.33 bits per heavy atom. The van der Waals surface area contributed by atoms with E-state index in [0.717, 1.165) is 18.5 Å². The fourth-order valence-corrected chi connectivity index (χ4v) is 1.73. The standard InChI is InChI=1S/C13H18ClN3O/c1-2-3-4-7-16-9-11-6-5-10(8-12(11)14)13(15)17-18/h2-3,5-6,8,16,18H,4,7,9H2,1H3,(H2,15,17)/b3-2+. The van der Waals surface area contributed by atoms with E-state index in [1.54, 1.807) is 12.1 Å². The Bertz CT molecular complexity index is 444. The van der Waals surface area contributed by atoms with Gasteiger partial charge in [0, 0.05) is 17.1 Å². The van der Waals surface area contributed by atoms with Crippen molar-refractivity contribution in [3.63, 3.8) is 0 Å². The lowest BCUT2D eigenvalue weighted by atomic mass is 10.1. The molecule has 18 heavy (non-hydrogen) atoms. The minimum atomic E-state index is 0.0597. The maximum Gasteiger partial charge on any atom is 0.170 e. The molecule has 0 fully saturated rings. The number of allylic oxidation sites excluding steroid dienone is 1. The minimum absolute atomic E-state index is 0.0597. The zero-order chi connectivity index (χ0) is 13.4. The van der Waals surface area contributed by atoms with Crippen LogP contribution in [0.25, 0.3) is 0 Å². The quantitative estimate of drug-likeness (QED) is 0.185. The van der Waals surface area contributed by atoms with E-state index in [9.17, 15) is 0 Å². The zero-order valence-electron chi connectivity index (χ0n) is 10.4. The van der Waals surface area contributed by atoms with Gasteiger partial charge in [0.2, 0.25) is 0 Å². The molecule has 0 radical (unpaired) electrons. The molecule has 0 amide bonds. The van der Waals surface area contributed by atoms with Crippen molar-refractivity contribution in [2.45, 2.75) is 19.9 Å². The van der Waals surface area contributed by atoms with Gasteiger partial charge in [-0.25, -0.2) is 0 Å². The molecule has 0 saturated carbocycles. The lowest BCUT2D eigenvalue weighted by molar-refractivity contribution is 0.318. The third-order valence-corrected chi connectivity index (χ3v) is 2.85. The number of halogens is 1. The van der Waals surface area contributed by atoms with E-state index >= 15 is 0 Å². The van der Waals surface area contributed by atoms with Crippen LogP contribution in [0.4, 0.5) is 0 Å². The third kappa shape index (κ3) is 4.39. The van der Waals surface area contributed by atoms with Gasteiger partial charge in [-0.3, -0.25) is 0 Å². The number of nitrogens with two attached hydrogens (primary N) is 1. The first kappa shape index (κ1) is 14.5. The molecule has 0 unspecified atom stereocenters. The molecule has 4 nitrogen and oxygen atoms in total. The van der Waals surface area contributed by atoms with Crippen molar-refractivity contribution in [3.8, 4) is 0 Å². The summed E-state index contributed by atoms with van der Waals surface area (Å²) in [7, 11) is 0. The van der Waals surface area contributed by atoms with E-state index in [4.69, 9.17) is 22.5 Å². The van der Waals surface area contributed by atoms with Gasteiger partial charge in [-0.1, -0.05) is 41.0 Å². The first-order chi connectivity index (χ1) is 8.69. The van der Waals surface area contributed by atoms with Crippen molar-refractivity contribution >= 4 is 17.4 Å². The Labute approximate surface area is 112 Å². The summed E-state index contributed by atoms with van der Waals surface area (Å²) in [5.41, 5.74) is 7.09. The molecule has 1 aromatic carbocycles. The molecule has 0 aliphatic rings. The molecule has 0 aromatic heterocycles. The van der Waals surface area contributed by atoms with E-state index in [-0.39, 0.29) is 5.84 Å². The normalized spacial score (nSPS) is 12.2. The van der Waals surface area contributed by atoms with E-state index in [1.807, 2.05) is 19.1 Å². The van der Waals surface area contributed by atoms with Crippen LogP contribution in [0.1, 0.15) is 24.5 Å². The molecular weight excluding hydrogens is 250 g/mol. The Kier molecular flexibility index (Phi) is 6.25. The van der Waals surface area contributed by atoms with Gasteiger partial charge in [0.15, 0.2) is 5.84 Å². The van der Waals surface area contributed by atoms with Crippen molar-refractivity contribution in [1.29, 1.82) is 0 Å². The first-order valence-electron chi connectivity index (χ1n) is 5.77. The molecule has 98 valence electrons. The number of oxime groups is 1. The number of amidine groups is 1. The van der Waals surface area contributed by atoms with Gasteiger partial charge in [-0.2, -0.15) is 0 Å². The molecule has 0 spiro atoms. The number of nitrogens with one attached hydrogen (secondary N) is 1. The predicted molar refractivity (Wildman–Crippen MR) is 75.1 cm³/mol. The number of nitrogens with zero attached hydrogens (tertiary/aromatic N) is 1. The third-order valence-electron chi connectivity index (χ3n) is 2.50. The van der Waals surface area contributed by atoms with Crippen LogP contribution >= 0.6 is 11.6 Å². The highest BCUT2D eigenvalue weighted by Gasteiger charge is 2.04. The second-order valence-corrected chi connectivity index (χ2v) is 4.23. The highest BCUT2D eigenvalue weighted by Crippen LogP contribution is 2.17. The Balaban J connectivity index is 2.57. The maximum absolute atomic E-state index is 8.57. The summed E-state index contributed by atoms with van der Waals surface area (Å²) in [6, 6.07) is 5.35. The van der Waals surface area contributed by atoms with Crippen LogP contribution in [0, 0.1) is 0 Å². The topological polar surface area (TPSA) is 70.6 Å². The van der Waals surface area contributed by atoms with Gasteiger partial charge in [-0.05, 0) is 31.5 Å². The summed E-state index contributed by atoms with van der Waals surface area (Å²) in [5, 5.41) is 15.4. The van der Waals surface area contributed by atoms with Crippen LogP contribution in [0.15, 0.2) is 35.5 Å². The van der Waals surface area contributed by atoms with Crippen molar-refractivity contribution in [2.24, 2.45) is 10.9 Å². The molecule has 1 aromatic rings. The fraction of sp³-hybridized carbons (Fsp3) is 0.308. The van der Waals surface area contributed by atoms with Gasteiger partial charge in [0.1, 0.15) is 0 Å². The molecular formula is C13H18ClN3O. The highest BCUT2D eigenvalue weighted by molar-refractivity contribution is 6.31. The van der Waals surface area contributed by atoms with Crippen LogP contribution in [-0.4, -0.2) is 17.6 Å². The molecule has 5 heteroatoms. The molecule has 0 aliphatic carbocycles. The van der Waals surface area contributed by atoms with Gasteiger partial charge < -0.3 is 16.3 Å². The minimum Gasteiger partial charge on any atom is -0.409 e. The van der Waals surface area contributed by atoms with Gasteiger partial charge in [0.05, 0.1) is 0 Å². The van der Waals surface area contributed by atoms with Crippen molar-refractivity contribution in [2.75, 3.05) is 6.54 Å². The number of hydrogen-bond donors (Lipinski definition) is 3. The molecule has 0 atom stereocenters. The summed E-state index contributed by atoms with van der Waals surface area (Å²) in [6.07, 6.45) is 5.13. The summed E-state index contributed by atoms with van der Waals surface area (Å²) in [5.74, 6) is 0.0597. The monoisotopic (exact) mass is 267 g/mol. The van der Waals surface area contributed by atoms with Crippen LogP contribution in [-0.2, 0) is 6.54 Å². The Hall–Kier alpha value is -1.52. The van der Waals surface area contributed by atoms with Crippen molar-refractivity contribution in [1.82, 2.24) is 5.32 Å². The van der Waals surface area contributed by atoms with Gasteiger partial charge in [0.25, 0.3) is 0 Å². The van der Waals surface area contributed by atoms with E-state index in [0.29, 0.717) is 17.1 Å². The summed E-state index contributed by atoms with van der Waals surface area (Å²) in [6.45, 7) is 3.61. The molecule has 4 N–H and O–H groups in total. The van der Waals surface area contributed by atoms with Crippen LogP contribution in [0.3, 0.4) is 0 Å². The number of rotatable bonds is 6. The average molecular weight is 268 g/mol. The SMILES string of the molecule is C/C=C/CCNCc1ccc(/C(N)=N/O)cc1Cl.